The predicted octanol–water partition coefficient (Wildman–Crippen LogP) is -0.0530. The molecule has 0 radical (unpaired) electrons. The maximum atomic E-state index is 12.8. The lowest BCUT2D eigenvalue weighted by molar-refractivity contribution is -0.140. The van der Waals surface area contributed by atoms with Crippen LogP contribution in [0.25, 0.3) is 0 Å². The third kappa shape index (κ3) is 3.99. The Balaban J connectivity index is 2.04. The zero-order chi connectivity index (χ0) is 15.2. The van der Waals surface area contributed by atoms with Crippen LogP contribution < -0.4 is 10.6 Å². The fourth-order valence-electron chi connectivity index (χ4n) is 2.24. The Hall–Kier alpha value is -1.99. The van der Waals surface area contributed by atoms with Crippen LogP contribution in [0.1, 0.15) is 6.42 Å². The van der Waals surface area contributed by atoms with Gasteiger partial charge in [-0.05, 0) is 24.3 Å². The standard InChI is InChI=1S/C14H18FN3O3/c15-10-1-3-11(4-2-10)17-14(21)12-9-16-6-7-18(12)13(20)5-8-19/h1-4,12,16,19H,5-9H2,(H,17,21)/t12-/m1/s1. The molecule has 0 spiro atoms. The summed E-state index contributed by atoms with van der Waals surface area (Å²) in [6, 6.07) is 4.79. The summed E-state index contributed by atoms with van der Waals surface area (Å²) in [5.41, 5.74) is 0.474. The van der Waals surface area contributed by atoms with Gasteiger partial charge in [0.05, 0.1) is 6.61 Å². The second-order valence-electron chi connectivity index (χ2n) is 4.78. The van der Waals surface area contributed by atoms with Crippen LogP contribution in [-0.4, -0.2) is 54.1 Å². The van der Waals surface area contributed by atoms with Gasteiger partial charge in [-0.25, -0.2) is 4.39 Å². The maximum absolute atomic E-state index is 12.8. The number of aliphatic hydroxyl groups is 1. The SMILES string of the molecule is O=C(Nc1ccc(F)cc1)[C@H]1CNCCN1C(=O)CCO. The highest BCUT2D eigenvalue weighted by Crippen LogP contribution is 2.12. The first-order chi connectivity index (χ1) is 10.1. The van der Waals surface area contributed by atoms with Crippen LogP contribution in [0.3, 0.4) is 0 Å². The molecule has 1 atom stereocenters. The molecule has 0 aliphatic carbocycles. The highest BCUT2D eigenvalue weighted by atomic mass is 19.1. The number of nitrogens with zero attached hydrogens (tertiary/aromatic N) is 1. The molecule has 0 unspecified atom stereocenters. The summed E-state index contributed by atoms with van der Waals surface area (Å²) in [5.74, 6) is -0.967. The number of nitrogens with one attached hydrogen (secondary N) is 2. The van der Waals surface area contributed by atoms with Crippen LogP contribution in [0.5, 0.6) is 0 Å². The number of aliphatic hydroxyl groups excluding tert-OH is 1. The fraction of sp³-hybridized carbons (Fsp3) is 0.429. The molecule has 1 aliphatic heterocycles. The minimum atomic E-state index is -0.636. The van der Waals surface area contributed by atoms with Crippen molar-refractivity contribution in [1.29, 1.82) is 0 Å². The molecule has 3 N–H and O–H groups in total. The molecule has 1 aliphatic rings. The van der Waals surface area contributed by atoms with Gasteiger partial charge in [-0.15, -0.1) is 0 Å². The van der Waals surface area contributed by atoms with E-state index in [-0.39, 0.29) is 30.7 Å². The van der Waals surface area contributed by atoms with Crippen molar-refractivity contribution in [2.45, 2.75) is 12.5 Å². The van der Waals surface area contributed by atoms with Gasteiger partial charge in [-0.3, -0.25) is 9.59 Å². The normalized spacial score (nSPS) is 18.4. The van der Waals surface area contributed by atoms with Crippen LogP contribution in [-0.2, 0) is 9.59 Å². The lowest BCUT2D eigenvalue weighted by atomic mass is 10.1. The molecule has 1 aromatic rings. The average Bonchev–Trinajstić information content (AvgIpc) is 2.50. The van der Waals surface area contributed by atoms with Crippen LogP contribution in [0.2, 0.25) is 0 Å². The van der Waals surface area contributed by atoms with Gasteiger partial charge < -0.3 is 20.6 Å². The maximum Gasteiger partial charge on any atom is 0.248 e. The first kappa shape index (κ1) is 15.4. The van der Waals surface area contributed by atoms with Crippen LogP contribution in [0.4, 0.5) is 10.1 Å². The summed E-state index contributed by atoms with van der Waals surface area (Å²) in [6.07, 6.45) is 0.000326. The van der Waals surface area contributed by atoms with Crippen molar-refractivity contribution in [3.8, 4) is 0 Å². The van der Waals surface area contributed by atoms with Crippen LogP contribution in [0.15, 0.2) is 24.3 Å². The van der Waals surface area contributed by atoms with Crippen molar-refractivity contribution in [3.05, 3.63) is 30.1 Å². The van der Waals surface area contributed by atoms with E-state index in [1.54, 1.807) is 0 Å². The number of piperazine rings is 1. The molecule has 1 heterocycles. The Bertz CT molecular complexity index is 507. The van der Waals surface area contributed by atoms with Gasteiger partial charge in [0.2, 0.25) is 11.8 Å². The van der Waals surface area contributed by atoms with Crippen LogP contribution >= 0.6 is 0 Å². The van der Waals surface area contributed by atoms with Gasteiger partial charge in [-0.2, -0.15) is 0 Å². The molecule has 2 amide bonds. The van der Waals surface area contributed by atoms with E-state index in [1.165, 1.54) is 29.2 Å². The molecule has 0 saturated carbocycles. The predicted molar refractivity (Wildman–Crippen MR) is 75.1 cm³/mol. The van der Waals surface area contributed by atoms with E-state index in [9.17, 15) is 14.0 Å². The summed E-state index contributed by atoms with van der Waals surface area (Å²) in [7, 11) is 0. The molecule has 21 heavy (non-hydrogen) atoms. The molecule has 1 saturated heterocycles. The van der Waals surface area contributed by atoms with Crippen molar-refractivity contribution < 1.29 is 19.1 Å². The summed E-state index contributed by atoms with van der Waals surface area (Å²) in [4.78, 5) is 25.7. The van der Waals surface area contributed by atoms with Gasteiger partial charge >= 0.3 is 0 Å². The second kappa shape index (κ2) is 7.14. The summed E-state index contributed by atoms with van der Waals surface area (Å²) < 4.78 is 12.8. The minimum absolute atomic E-state index is 0.000326. The molecule has 0 aromatic heterocycles. The third-order valence-corrected chi connectivity index (χ3v) is 3.30. The fourth-order valence-corrected chi connectivity index (χ4v) is 2.24. The van der Waals surface area contributed by atoms with E-state index < -0.39 is 6.04 Å². The van der Waals surface area contributed by atoms with Crippen molar-refractivity contribution in [2.75, 3.05) is 31.6 Å². The van der Waals surface area contributed by atoms with Gasteiger partial charge in [0.15, 0.2) is 0 Å². The summed E-state index contributed by atoms with van der Waals surface area (Å²) >= 11 is 0. The van der Waals surface area contributed by atoms with Crippen molar-refractivity contribution in [3.63, 3.8) is 0 Å². The molecule has 114 valence electrons. The molecule has 2 rings (SSSR count). The molecule has 1 aromatic carbocycles. The van der Waals surface area contributed by atoms with Crippen molar-refractivity contribution in [1.82, 2.24) is 10.2 Å². The molecule has 1 fully saturated rings. The highest BCUT2D eigenvalue weighted by molar-refractivity contribution is 5.97. The topological polar surface area (TPSA) is 81.7 Å². The minimum Gasteiger partial charge on any atom is -0.396 e. The van der Waals surface area contributed by atoms with Gasteiger partial charge in [0, 0.05) is 31.7 Å². The van der Waals surface area contributed by atoms with E-state index in [4.69, 9.17) is 5.11 Å². The zero-order valence-electron chi connectivity index (χ0n) is 11.5. The molecular weight excluding hydrogens is 277 g/mol. The van der Waals surface area contributed by atoms with E-state index in [0.717, 1.165) is 0 Å². The molecule has 0 bridgehead atoms. The first-order valence-electron chi connectivity index (χ1n) is 6.79. The number of anilines is 1. The Morgan fingerprint density at radius 2 is 2.10 bits per heavy atom. The zero-order valence-corrected chi connectivity index (χ0v) is 11.5. The average molecular weight is 295 g/mol. The number of carbonyl (C=O) groups is 2. The van der Waals surface area contributed by atoms with Gasteiger partial charge in [0.25, 0.3) is 0 Å². The number of hydrogen-bond acceptors (Lipinski definition) is 4. The lowest BCUT2D eigenvalue weighted by Crippen LogP contribution is -2.58. The number of amides is 2. The Labute approximate surface area is 121 Å². The van der Waals surface area contributed by atoms with E-state index in [2.05, 4.69) is 10.6 Å². The largest absolute Gasteiger partial charge is 0.396 e. The van der Waals surface area contributed by atoms with Gasteiger partial charge in [-0.1, -0.05) is 0 Å². The van der Waals surface area contributed by atoms with Gasteiger partial charge in [0.1, 0.15) is 11.9 Å². The second-order valence-corrected chi connectivity index (χ2v) is 4.78. The quantitative estimate of drug-likeness (QED) is 0.727. The van der Waals surface area contributed by atoms with Crippen LogP contribution in [0, 0.1) is 5.82 Å². The van der Waals surface area contributed by atoms with E-state index >= 15 is 0 Å². The molecule has 7 heteroatoms. The van der Waals surface area contributed by atoms with E-state index in [0.29, 0.717) is 25.3 Å². The van der Waals surface area contributed by atoms with E-state index in [1.807, 2.05) is 0 Å². The number of rotatable bonds is 4. The van der Waals surface area contributed by atoms with Crippen molar-refractivity contribution in [2.24, 2.45) is 0 Å². The lowest BCUT2D eigenvalue weighted by Gasteiger charge is -2.35. The Kier molecular flexibility index (Phi) is 5.24. The number of hydrogen-bond donors (Lipinski definition) is 3. The summed E-state index contributed by atoms with van der Waals surface area (Å²) in [6.45, 7) is 1.14. The monoisotopic (exact) mass is 295 g/mol. The molecular formula is C14H18FN3O3. The van der Waals surface area contributed by atoms with Crippen molar-refractivity contribution >= 4 is 17.5 Å². The first-order valence-corrected chi connectivity index (χ1v) is 6.79. The highest BCUT2D eigenvalue weighted by Gasteiger charge is 2.31. The third-order valence-electron chi connectivity index (χ3n) is 3.30. The summed E-state index contributed by atoms with van der Waals surface area (Å²) in [5, 5.41) is 14.6. The Morgan fingerprint density at radius 3 is 2.76 bits per heavy atom. The Morgan fingerprint density at radius 1 is 1.38 bits per heavy atom. The number of benzene rings is 1. The smallest absolute Gasteiger partial charge is 0.248 e. The number of halogens is 1. The number of carbonyl (C=O) groups excluding carboxylic acids is 2. The molecule has 6 nitrogen and oxygen atoms in total.